The van der Waals surface area contributed by atoms with E-state index in [0.29, 0.717) is 37.5 Å². The van der Waals surface area contributed by atoms with Crippen LogP contribution in [0.1, 0.15) is 27.0 Å². The third kappa shape index (κ3) is 4.60. The molecule has 0 aliphatic carbocycles. The zero-order valence-electron chi connectivity index (χ0n) is 16.6. The van der Waals surface area contributed by atoms with Gasteiger partial charge >= 0.3 is 0 Å². The standard InChI is InChI=1S/C23H26N2O3/c1-17-5-4-6-19(15-17)8-10-22(26)24-11-13-25(14-12-24)23(27)20-9-7-18(2)21(16-20)28-3/h4-10,15-16H,11-14H2,1-3H3/b10-8+. The molecule has 3 rings (SSSR count). The zero-order chi connectivity index (χ0) is 20.1. The molecule has 5 nitrogen and oxygen atoms in total. The Morgan fingerprint density at radius 2 is 1.68 bits per heavy atom. The summed E-state index contributed by atoms with van der Waals surface area (Å²) in [6.45, 7) is 6.09. The summed E-state index contributed by atoms with van der Waals surface area (Å²) >= 11 is 0. The van der Waals surface area contributed by atoms with Crippen LogP contribution >= 0.6 is 0 Å². The van der Waals surface area contributed by atoms with Crippen molar-refractivity contribution < 1.29 is 14.3 Å². The lowest BCUT2D eigenvalue weighted by molar-refractivity contribution is -0.127. The molecule has 0 bridgehead atoms. The van der Waals surface area contributed by atoms with E-state index in [2.05, 4.69) is 0 Å². The minimum Gasteiger partial charge on any atom is -0.496 e. The van der Waals surface area contributed by atoms with Crippen LogP contribution in [0.2, 0.25) is 0 Å². The second-order valence-corrected chi connectivity index (χ2v) is 7.05. The van der Waals surface area contributed by atoms with E-state index >= 15 is 0 Å². The summed E-state index contributed by atoms with van der Waals surface area (Å²) in [6, 6.07) is 13.5. The van der Waals surface area contributed by atoms with E-state index in [-0.39, 0.29) is 11.8 Å². The largest absolute Gasteiger partial charge is 0.496 e. The van der Waals surface area contributed by atoms with Gasteiger partial charge in [0.2, 0.25) is 5.91 Å². The highest BCUT2D eigenvalue weighted by atomic mass is 16.5. The molecule has 0 spiro atoms. The van der Waals surface area contributed by atoms with Crippen LogP contribution in [0.5, 0.6) is 5.75 Å². The summed E-state index contributed by atoms with van der Waals surface area (Å²) in [5, 5.41) is 0. The summed E-state index contributed by atoms with van der Waals surface area (Å²) in [4.78, 5) is 28.8. The Hall–Kier alpha value is -3.08. The van der Waals surface area contributed by atoms with E-state index in [9.17, 15) is 9.59 Å². The van der Waals surface area contributed by atoms with Gasteiger partial charge in [-0.25, -0.2) is 0 Å². The van der Waals surface area contributed by atoms with Crippen molar-refractivity contribution in [3.05, 3.63) is 70.8 Å². The minimum atomic E-state index is -0.0271. The van der Waals surface area contributed by atoms with Crippen molar-refractivity contribution in [2.75, 3.05) is 33.3 Å². The molecule has 0 atom stereocenters. The second-order valence-electron chi connectivity index (χ2n) is 7.05. The molecule has 1 aliphatic heterocycles. The van der Waals surface area contributed by atoms with Gasteiger partial charge in [0.15, 0.2) is 0 Å². The average Bonchev–Trinajstić information content (AvgIpc) is 2.72. The van der Waals surface area contributed by atoms with Crippen LogP contribution in [0.3, 0.4) is 0 Å². The van der Waals surface area contributed by atoms with Gasteiger partial charge in [0.25, 0.3) is 5.91 Å². The normalized spacial score (nSPS) is 14.4. The van der Waals surface area contributed by atoms with E-state index in [0.717, 1.165) is 16.7 Å². The maximum Gasteiger partial charge on any atom is 0.254 e. The number of carbonyl (C=O) groups excluding carboxylic acids is 2. The van der Waals surface area contributed by atoms with Gasteiger partial charge in [-0.05, 0) is 43.2 Å². The Morgan fingerprint density at radius 3 is 2.36 bits per heavy atom. The Labute approximate surface area is 166 Å². The van der Waals surface area contributed by atoms with Crippen molar-refractivity contribution in [1.29, 1.82) is 0 Å². The van der Waals surface area contributed by atoms with Gasteiger partial charge in [-0.3, -0.25) is 9.59 Å². The molecule has 2 aromatic rings. The minimum absolute atomic E-state index is 0.0226. The highest BCUT2D eigenvalue weighted by Gasteiger charge is 2.24. The van der Waals surface area contributed by atoms with Crippen LogP contribution in [-0.4, -0.2) is 54.9 Å². The molecule has 5 heteroatoms. The molecule has 0 radical (unpaired) electrons. The Morgan fingerprint density at radius 1 is 0.964 bits per heavy atom. The summed E-state index contributed by atoms with van der Waals surface area (Å²) in [5.41, 5.74) is 3.78. The maximum absolute atomic E-state index is 12.8. The first-order valence-corrected chi connectivity index (χ1v) is 9.45. The van der Waals surface area contributed by atoms with Crippen LogP contribution in [0, 0.1) is 13.8 Å². The highest BCUT2D eigenvalue weighted by Crippen LogP contribution is 2.20. The molecule has 1 saturated heterocycles. The van der Waals surface area contributed by atoms with Crippen molar-refractivity contribution in [2.45, 2.75) is 13.8 Å². The predicted molar refractivity (Wildman–Crippen MR) is 110 cm³/mol. The number of carbonyl (C=O) groups is 2. The highest BCUT2D eigenvalue weighted by molar-refractivity contribution is 5.95. The molecular formula is C23H26N2O3. The molecule has 28 heavy (non-hydrogen) atoms. The van der Waals surface area contributed by atoms with Gasteiger partial charge < -0.3 is 14.5 Å². The second kappa shape index (κ2) is 8.74. The summed E-state index contributed by atoms with van der Waals surface area (Å²) in [5.74, 6) is 0.660. The fourth-order valence-electron chi connectivity index (χ4n) is 3.31. The third-order valence-corrected chi connectivity index (χ3v) is 4.99. The fourth-order valence-corrected chi connectivity index (χ4v) is 3.31. The summed E-state index contributed by atoms with van der Waals surface area (Å²) in [7, 11) is 1.60. The molecule has 0 saturated carbocycles. The van der Waals surface area contributed by atoms with Gasteiger partial charge in [0.05, 0.1) is 7.11 Å². The van der Waals surface area contributed by atoms with Crippen LogP contribution < -0.4 is 4.74 Å². The Kier molecular flexibility index (Phi) is 6.14. The van der Waals surface area contributed by atoms with Crippen LogP contribution in [0.15, 0.2) is 48.5 Å². The quantitative estimate of drug-likeness (QED) is 0.767. The Balaban J connectivity index is 1.58. The molecular weight excluding hydrogens is 352 g/mol. The molecule has 146 valence electrons. The topological polar surface area (TPSA) is 49.9 Å². The van der Waals surface area contributed by atoms with Crippen LogP contribution in [0.4, 0.5) is 0 Å². The van der Waals surface area contributed by atoms with E-state index in [1.807, 2.05) is 56.3 Å². The van der Waals surface area contributed by atoms with E-state index in [1.165, 1.54) is 0 Å². The number of amides is 2. The molecule has 1 heterocycles. The summed E-state index contributed by atoms with van der Waals surface area (Å²) < 4.78 is 5.31. The lowest BCUT2D eigenvalue weighted by atomic mass is 10.1. The van der Waals surface area contributed by atoms with Crippen molar-refractivity contribution in [1.82, 2.24) is 9.80 Å². The van der Waals surface area contributed by atoms with Crippen LogP contribution in [-0.2, 0) is 4.79 Å². The monoisotopic (exact) mass is 378 g/mol. The molecule has 0 aromatic heterocycles. The molecule has 1 aliphatic rings. The SMILES string of the molecule is COc1cc(C(=O)N2CCN(C(=O)/C=C/c3cccc(C)c3)CC2)ccc1C. The molecule has 0 N–H and O–H groups in total. The Bertz CT molecular complexity index is 896. The fraction of sp³-hybridized carbons (Fsp3) is 0.304. The number of methoxy groups -OCH3 is 1. The zero-order valence-corrected chi connectivity index (χ0v) is 16.6. The van der Waals surface area contributed by atoms with Crippen molar-refractivity contribution in [3.63, 3.8) is 0 Å². The average molecular weight is 378 g/mol. The van der Waals surface area contributed by atoms with Crippen molar-refractivity contribution >= 4 is 17.9 Å². The molecule has 0 unspecified atom stereocenters. The van der Waals surface area contributed by atoms with Crippen LogP contribution in [0.25, 0.3) is 6.08 Å². The lowest BCUT2D eigenvalue weighted by Crippen LogP contribution is -2.50. The predicted octanol–water partition coefficient (Wildman–Crippen LogP) is 3.31. The van der Waals surface area contributed by atoms with E-state index in [4.69, 9.17) is 4.74 Å². The molecule has 2 aromatic carbocycles. The molecule has 1 fully saturated rings. The van der Waals surface area contributed by atoms with E-state index in [1.54, 1.807) is 29.1 Å². The number of ether oxygens (including phenoxy) is 1. The van der Waals surface area contributed by atoms with Gasteiger partial charge in [-0.1, -0.05) is 35.9 Å². The number of nitrogens with zero attached hydrogens (tertiary/aromatic N) is 2. The molecule has 2 amide bonds. The van der Waals surface area contributed by atoms with Gasteiger partial charge in [-0.15, -0.1) is 0 Å². The lowest BCUT2D eigenvalue weighted by Gasteiger charge is -2.34. The first-order valence-electron chi connectivity index (χ1n) is 9.45. The number of benzene rings is 2. The third-order valence-electron chi connectivity index (χ3n) is 4.99. The van der Waals surface area contributed by atoms with Gasteiger partial charge in [-0.2, -0.15) is 0 Å². The van der Waals surface area contributed by atoms with Gasteiger partial charge in [0.1, 0.15) is 5.75 Å². The number of piperazine rings is 1. The summed E-state index contributed by atoms with van der Waals surface area (Å²) in [6.07, 6.45) is 3.45. The van der Waals surface area contributed by atoms with Crippen molar-refractivity contribution in [2.24, 2.45) is 0 Å². The van der Waals surface area contributed by atoms with Crippen molar-refractivity contribution in [3.8, 4) is 5.75 Å². The van der Waals surface area contributed by atoms with E-state index < -0.39 is 0 Å². The number of aryl methyl sites for hydroxylation is 2. The first-order chi connectivity index (χ1) is 13.5. The first kappa shape index (κ1) is 19.7. The number of hydrogen-bond acceptors (Lipinski definition) is 3. The number of rotatable bonds is 4. The maximum atomic E-state index is 12.8. The number of hydrogen-bond donors (Lipinski definition) is 0. The smallest absolute Gasteiger partial charge is 0.254 e. The van der Waals surface area contributed by atoms with Gasteiger partial charge in [0, 0.05) is 37.8 Å².